The number of carbonyl (C=O) groups is 2. The van der Waals surface area contributed by atoms with Gasteiger partial charge >= 0.3 is 0 Å². The highest BCUT2D eigenvalue weighted by Crippen LogP contribution is 2.45. The van der Waals surface area contributed by atoms with Crippen LogP contribution in [0.15, 0.2) is 99.9 Å². The van der Waals surface area contributed by atoms with Crippen LogP contribution in [0.5, 0.6) is 5.75 Å². The number of carbonyl (C=O) groups excluding carboxylic acids is 2. The zero-order chi connectivity index (χ0) is 29.1. The van der Waals surface area contributed by atoms with E-state index in [9.17, 15) is 14.7 Å². The Morgan fingerprint density at radius 1 is 1.05 bits per heavy atom. The molecule has 3 aromatic carbocycles. The van der Waals surface area contributed by atoms with Crippen molar-refractivity contribution in [2.75, 3.05) is 11.5 Å². The Morgan fingerprint density at radius 2 is 1.88 bits per heavy atom. The minimum Gasteiger partial charge on any atom is -0.503 e. The van der Waals surface area contributed by atoms with Gasteiger partial charge in [-0.25, -0.2) is 0 Å². The summed E-state index contributed by atoms with van der Waals surface area (Å²) in [7, 11) is 0. The van der Waals surface area contributed by atoms with Gasteiger partial charge in [0.25, 0.3) is 5.91 Å². The Morgan fingerprint density at radius 3 is 2.71 bits per heavy atom. The number of fused-ring (bicyclic) bond motifs is 1. The molecule has 0 bridgehead atoms. The number of ketones is 1. The van der Waals surface area contributed by atoms with Crippen molar-refractivity contribution in [3.05, 3.63) is 112 Å². The summed E-state index contributed by atoms with van der Waals surface area (Å²) in [6.07, 6.45) is 1.91. The third-order valence-electron chi connectivity index (χ3n) is 6.97. The van der Waals surface area contributed by atoms with Crippen LogP contribution < -0.4 is 9.64 Å². The summed E-state index contributed by atoms with van der Waals surface area (Å²) in [6, 6.07) is 24.3. The fourth-order valence-electron chi connectivity index (χ4n) is 4.92. The Kier molecular flexibility index (Phi) is 8.36. The van der Waals surface area contributed by atoms with Crippen molar-refractivity contribution in [2.24, 2.45) is 0 Å². The highest BCUT2D eigenvalue weighted by molar-refractivity contribution is 8.00. The molecule has 2 aromatic heterocycles. The van der Waals surface area contributed by atoms with E-state index in [1.165, 1.54) is 55.7 Å². The van der Waals surface area contributed by atoms with Crippen LogP contribution in [-0.4, -0.2) is 33.6 Å². The van der Waals surface area contributed by atoms with Crippen LogP contribution >= 0.6 is 34.4 Å². The van der Waals surface area contributed by atoms with Gasteiger partial charge in [-0.2, -0.15) is 0 Å². The molecule has 3 heterocycles. The summed E-state index contributed by atoms with van der Waals surface area (Å²) in [5.74, 6) is -0.340. The summed E-state index contributed by atoms with van der Waals surface area (Å²) in [5.41, 5.74) is 1.84. The summed E-state index contributed by atoms with van der Waals surface area (Å²) in [5, 5.41) is 24.2. The molecule has 6 rings (SSSR count). The topological polar surface area (TPSA) is 92.6 Å². The number of thiophene rings is 1. The number of rotatable bonds is 11. The maximum atomic E-state index is 13.6. The van der Waals surface area contributed by atoms with Crippen molar-refractivity contribution in [3.63, 3.8) is 0 Å². The van der Waals surface area contributed by atoms with E-state index >= 15 is 0 Å². The fourth-order valence-corrected chi connectivity index (χ4v) is 7.46. The lowest BCUT2D eigenvalue weighted by Crippen LogP contribution is -2.31. The van der Waals surface area contributed by atoms with Gasteiger partial charge < -0.3 is 9.84 Å². The van der Waals surface area contributed by atoms with E-state index in [0.29, 0.717) is 38.0 Å². The number of anilines is 1. The lowest BCUT2D eigenvalue weighted by atomic mass is 9.95. The molecule has 0 aliphatic carbocycles. The van der Waals surface area contributed by atoms with E-state index in [0.717, 1.165) is 12.8 Å². The molecule has 1 N–H and O–H groups in total. The predicted octanol–water partition coefficient (Wildman–Crippen LogP) is 8.01. The average Bonchev–Trinajstić information content (AvgIpc) is 3.77. The lowest BCUT2D eigenvalue weighted by Gasteiger charge is -2.24. The van der Waals surface area contributed by atoms with Crippen LogP contribution in [0.25, 0.3) is 10.8 Å². The molecule has 1 unspecified atom stereocenters. The molecule has 0 radical (unpaired) electrons. The summed E-state index contributed by atoms with van der Waals surface area (Å²) >= 11 is 4.05. The van der Waals surface area contributed by atoms with Crippen molar-refractivity contribution in [1.29, 1.82) is 0 Å². The number of ether oxygens (including phenoxy) is 1. The third-order valence-corrected chi connectivity index (χ3v) is 9.94. The van der Waals surface area contributed by atoms with Gasteiger partial charge in [0, 0.05) is 5.75 Å². The fraction of sp³-hybridized carbons (Fsp3) is 0.188. The number of Topliss-reactive ketones (excluding diaryl/α,β-unsaturated/α-hetero) is 1. The van der Waals surface area contributed by atoms with Gasteiger partial charge in [0.15, 0.2) is 10.1 Å². The van der Waals surface area contributed by atoms with Crippen molar-refractivity contribution in [2.45, 2.75) is 35.9 Å². The van der Waals surface area contributed by atoms with E-state index < -0.39 is 23.5 Å². The molecule has 1 atom stereocenters. The lowest BCUT2D eigenvalue weighted by molar-refractivity contribution is -0.117. The van der Waals surface area contributed by atoms with Crippen molar-refractivity contribution >= 4 is 62.0 Å². The molecule has 1 aliphatic heterocycles. The quantitative estimate of drug-likeness (QED) is 0.0698. The standard InChI is InChI=1S/C32H27N3O4S3/c1-2-3-16-39-23-13-7-11-21(18-23)27-26(28(36)25-15-8-17-40-25)29(37)30(38)35(27)31-33-34-32(42-31)41-19-22-12-6-10-20-9-4-5-14-24(20)22/h4-15,17-18,27,37H,2-3,16,19H2,1H3. The summed E-state index contributed by atoms with van der Waals surface area (Å²) in [6.45, 7) is 2.65. The first-order chi connectivity index (χ1) is 20.5. The van der Waals surface area contributed by atoms with Gasteiger partial charge in [-0.1, -0.05) is 97.1 Å². The Hall–Kier alpha value is -3.99. The maximum absolute atomic E-state index is 13.6. The third kappa shape index (κ3) is 5.57. The molecule has 212 valence electrons. The minimum atomic E-state index is -0.884. The Balaban J connectivity index is 1.32. The zero-order valence-electron chi connectivity index (χ0n) is 22.7. The smallest absolute Gasteiger partial charge is 0.296 e. The monoisotopic (exact) mass is 613 g/mol. The van der Waals surface area contributed by atoms with Crippen LogP contribution in [-0.2, 0) is 10.5 Å². The Labute approximate surface area is 255 Å². The van der Waals surface area contributed by atoms with E-state index in [4.69, 9.17) is 4.74 Å². The average molecular weight is 614 g/mol. The normalized spacial score (nSPS) is 15.1. The van der Waals surface area contributed by atoms with Gasteiger partial charge in [-0.3, -0.25) is 14.5 Å². The second-order valence-electron chi connectivity index (χ2n) is 9.70. The second-order valence-corrected chi connectivity index (χ2v) is 12.8. The number of thioether (sulfide) groups is 1. The van der Waals surface area contributed by atoms with Crippen molar-refractivity contribution in [3.8, 4) is 5.75 Å². The summed E-state index contributed by atoms with van der Waals surface area (Å²) in [4.78, 5) is 29.0. The molecule has 0 fully saturated rings. The SMILES string of the molecule is CCCCOc1cccc(C2C(C(=O)c3cccs3)=C(O)C(=O)N2c2nnc(SCc3cccc4ccccc34)s2)c1. The second kappa shape index (κ2) is 12.5. The number of hydrogen-bond donors (Lipinski definition) is 1. The molecule has 7 nitrogen and oxygen atoms in total. The van der Waals surface area contributed by atoms with Crippen LogP contribution in [0.3, 0.4) is 0 Å². The molecule has 0 saturated heterocycles. The number of aromatic nitrogens is 2. The number of nitrogens with zero attached hydrogens (tertiary/aromatic N) is 3. The molecular formula is C32H27N3O4S3. The van der Waals surface area contributed by atoms with Gasteiger partial charge in [0.1, 0.15) is 5.75 Å². The minimum absolute atomic E-state index is 0.0216. The molecular weight excluding hydrogens is 587 g/mol. The van der Waals surface area contributed by atoms with Gasteiger partial charge in [0.05, 0.1) is 23.1 Å². The van der Waals surface area contributed by atoms with Crippen LogP contribution in [0, 0.1) is 0 Å². The first-order valence-corrected chi connectivity index (χ1v) is 16.2. The van der Waals surface area contributed by atoms with E-state index in [2.05, 4.69) is 41.4 Å². The molecule has 10 heteroatoms. The van der Waals surface area contributed by atoms with Gasteiger partial charge in [-0.05, 0) is 51.9 Å². The maximum Gasteiger partial charge on any atom is 0.296 e. The van der Waals surface area contributed by atoms with Crippen LogP contribution in [0.4, 0.5) is 5.13 Å². The zero-order valence-corrected chi connectivity index (χ0v) is 25.2. The molecule has 1 amide bonds. The number of amides is 1. The van der Waals surface area contributed by atoms with E-state index in [1.54, 1.807) is 17.5 Å². The molecule has 1 aliphatic rings. The van der Waals surface area contributed by atoms with Crippen molar-refractivity contribution < 1.29 is 19.4 Å². The highest BCUT2D eigenvalue weighted by atomic mass is 32.2. The molecule has 0 spiro atoms. The summed E-state index contributed by atoms with van der Waals surface area (Å²) < 4.78 is 6.60. The van der Waals surface area contributed by atoms with E-state index in [1.807, 2.05) is 42.5 Å². The number of benzene rings is 3. The molecule has 42 heavy (non-hydrogen) atoms. The predicted molar refractivity (Wildman–Crippen MR) is 169 cm³/mol. The highest BCUT2D eigenvalue weighted by Gasteiger charge is 2.46. The number of unbranched alkanes of at least 4 members (excludes halogenated alkanes) is 1. The first kappa shape index (κ1) is 28.1. The number of hydrogen-bond acceptors (Lipinski definition) is 9. The number of aliphatic hydroxyl groups is 1. The molecule has 5 aromatic rings. The van der Waals surface area contributed by atoms with Gasteiger partial charge in [0.2, 0.25) is 10.9 Å². The van der Waals surface area contributed by atoms with Gasteiger partial charge in [-0.15, -0.1) is 21.5 Å². The van der Waals surface area contributed by atoms with Crippen LogP contribution in [0.1, 0.15) is 46.6 Å². The Bertz CT molecular complexity index is 1780. The largest absolute Gasteiger partial charge is 0.503 e. The van der Waals surface area contributed by atoms with Crippen molar-refractivity contribution in [1.82, 2.24) is 10.2 Å². The number of aliphatic hydroxyl groups excluding tert-OH is 1. The van der Waals surface area contributed by atoms with Crippen LogP contribution in [0.2, 0.25) is 0 Å². The molecule has 0 saturated carbocycles. The first-order valence-electron chi connectivity index (χ1n) is 13.6. The van der Waals surface area contributed by atoms with E-state index in [-0.39, 0.29) is 5.57 Å².